The van der Waals surface area contributed by atoms with Crippen LogP contribution in [0.3, 0.4) is 0 Å². The number of rotatable bonds is 4. The zero-order valence-corrected chi connectivity index (χ0v) is 9.07. The average molecular weight is 209 g/mol. The zero-order valence-electron chi connectivity index (χ0n) is 9.07. The van der Waals surface area contributed by atoms with Gasteiger partial charge in [0.25, 0.3) is 0 Å². The summed E-state index contributed by atoms with van der Waals surface area (Å²) in [6.07, 6.45) is 0. The minimum Gasteiger partial charge on any atom is -0.496 e. The summed E-state index contributed by atoms with van der Waals surface area (Å²) < 4.78 is 5.13. The molecule has 0 radical (unpaired) electrons. The fraction of sp³-hybridized carbons (Fsp3) is 0.364. The molecule has 0 aliphatic carbocycles. The van der Waals surface area contributed by atoms with Gasteiger partial charge in [-0.2, -0.15) is 0 Å². The molecule has 1 aromatic rings. The van der Waals surface area contributed by atoms with Crippen molar-refractivity contribution in [3.8, 4) is 5.75 Å². The molecule has 0 saturated carbocycles. The molecular weight excluding hydrogens is 194 g/mol. The number of carboxylic acids is 1. The highest BCUT2D eigenvalue weighted by molar-refractivity contribution is 5.76. The lowest BCUT2D eigenvalue weighted by atomic mass is 10.0. The van der Waals surface area contributed by atoms with Crippen LogP contribution in [0.5, 0.6) is 5.75 Å². The minimum absolute atomic E-state index is 0.586. The molecule has 0 aliphatic heterocycles. The zero-order chi connectivity index (χ0) is 11.4. The predicted octanol–water partition coefficient (Wildman–Crippen LogP) is 1.35. The van der Waals surface area contributed by atoms with Crippen LogP contribution in [0.1, 0.15) is 17.2 Å². The van der Waals surface area contributed by atoms with Crippen LogP contribution in [0, 0.1) is 6.92 Å². The molecule has 1 atom stereocenters. The van der Waals surface area contributed by atoms with Crippen LogP contribution in [-0.4, -0.2) is 25.2 Å². The molecule has 0 aromatic heterocycles. The molecule has 1 rings (SSSR count). The van der Waals surface area contributed by atoms with Crippen LogP contribution in [0.15, 0.2) is 18.2 Å². The summed E-state index contributed by atoms with van der Waals surface area (Å²) in [6, 6.07) is 4.74. The van der Waals surface area contributed by atoms with Crippen LogP contribution in [0.4, 0.5) is 0 Å². The van der Waals surface area contributed by atoms with Crippen LogP contribution in [0.25, 0.3) is 0 Å². The van der Waals surface area contributed by atoms with Gasteiger partial charge >= 0.3 is 5.97 Å². The van der Waals surface area contributed by atoms with E-state index in [0.29, 0.717) is 11.3 Å². The Morgan fingerprint density at radius 3 is 2.67 bits per heavy atom. The third kappa shape index (κ3) is 2.47. The van der Waals surface area contributed by atoms with Crippen LogP contribution in [-0.2, 0) is 4.79 Å². The number of nitrogens with one attached hydrogen (secondary N) is 1. The second-order valence-electron chi connectivity index (χ2n) is 3.31. The molecule has 0 heterocycles. The van der Waals surface area contributed by atoms with Crippen molar-refractivity contribution in [2.24, 2.45) is 0 Å². The van der Waals surface area contributed by atoms with E-state index in [4.69, 9.17) is 9.84 Å². The number of methoxy groups -OCH3 is 1. The van der Waals surface area contributed by atoms with E-state index < -0.39 is 12.0 Å². The van der Waals surface area contributed by atoms with E-state index in [1.165, 1.54) is 7.11 Å². The van der Waals surface area contributed by atoms with E-state index in [1.807, 2.05) is 19.1 Å². The molecule has 82 valence electrons. The van der Waals surface area contributed by atoms with Crippen molar-refractivity contribution in [2.45, 2.75) is 13.0 Å². The van der Waals surface area contributed by atoms with Crippen LogP contribution in [0.2, 0.25) is 0 Å². The summed E-state index contributed by atoms with van der Waals surface area (Å²) in [6.45, 7) is 1.91. The molecule has 2 N–H and O–H groups in total. The van der Waals surface area contributed by atoms with Crippen LogP contribution >= 0.6 is 0 Å². The normalized spacial score (nSPS) is 12.2. The summed E-state index contributed by atoms with van der Waals surface area (Å²) in [7, 11) is 3.14. The summed E-state index contributed by atoms with van der Waals surface area (Å²) >= 11 is 0. The fourth-order valence-electron chi connectivity index (χ4n) is 1.49. The molecule has 4 heteroatoms. The van der Waals surface area contributed by atoms with Crippen molar-refractivity contribution in [3.05, 3.63) is 29.3 Å². The number of carboxylic acid groups (broad SMARTS) is 1. The van der Waals surface area contributed by atoms with Gasteiger partial charge in [0, 0.05) is 5.56 Å². The number of likely N-dealkylation sites (N-methyl/N-ethyl adjacent to an activating group) is 1. The Labute approximate surface area is 88.9 Å². The highest BCUT2D eigenvalue weighted by Gasteiger charge is 2.21. The number of hydrogen-bond donors (Lipinski definition) is 2. The first kappa shape index (κ1) is 11.5. The van der Waals surface area contributed by atoms with E-state index in [-0.39, 0.29) is 0 Å². The molecular formula is C11H15NO3. The lowest BCUT2D eigenvalue weighted by molar-refractivity contribution is -0.139. The van der Waals surface area contributed by atoms with Gasteiger partial charge in [0.1, 0.15) is 11.8 Å². The third-order valence-corrected chi connectivity index (χ3v) is 2.23. The molecule has 15 heavy (non-hydrogen) atoms. The summed E-state index contributed by atoms with van der Waals surface area (Å²) in [5.41, 5.74) is 1.65. The first-order valence-corrected chi connectivity index (χ1v) is 4.64. The SMILES string of the molecule is CNC(C(=O)O)c1cc(C)ccc1OC. The monoisotopic (exact) mass is 209 g/mol. The summed E-state index contributed by atoms with van der Waals surface area (Å²) in [5, 5.41) is 11.8. The van der Waals surface area contributed by atoms with E-state index >= 15 is 0 Å². The number of benzene rings is 1. The van der Waals surface area contributed by atoms with Gasteiger partial charge in [-0.25, -0.2) is 0 Å². The maximum Gasteiger partial charge on any atom is 0.325 e. The number of ether oxygens (including phenoxy) is 1. The Morgan fingerprint density at radius 1 is 1.53 bits per heavy atom. The third-order valence-electron chi connectivity index (χ3n) is 2.23. The molecule has 0 amide bonds. The van der Waals surface area contributed by atoms with Crippen molar-refractivity contribution in [3.63, 3.8) is 0 Å². The van der Waals surface area contributed by atoms with Gasteiger partial charge in [-0.05, 0) is 20.0 Å². The lowest BCUT2D eigenvalue weighted by Gasteiger charge is -2.15. The Bertz CT molecular complexity index is 363. The first-order chi connectivity index (χ1) is 7.10. The lowest BCUT2D eigenvalue weighted by Crippen LogP contribution is -2.25. The van der Waals surface area contributed by atoms with Crippen molar-refractivity contribution in [2.75, 3.05) is 14.2 Å². The molecule has 1 unspecified atom stereocenters. The maximum atomic E-state index is 11.0. The van der Waals surface area contributed by atoms with Gasteiger partial charge in [0.2, 0.25) is 0 Å². The molecule has 0 saturated heterocycles. The Hall–Kier alpha value is -1.55. The van der Waals surface area contributed by atoms with Crippen molar-refractivity contribution >= 4 is 5.97 Å². The molecule has 0 spiro atoms. The van der Waals surface area contributed by atoms with Gasteiger partial charge in [-0.15, -0.1) is 0 Å². The molecule has 4 nitrogen and oxygen atoms in total. The standard InChI is InChI=1S/C11H15NO3/c1-7-4-5-9(15-3)8(6-7)10(12-2)11(13)14/h4-6,10,12H,1-3H3,(H,13,14). The van der Waals surface area contributed by atoms with Crippen molar-refractivity contribution in [1.82, 2.24) is 5.32 Å². The molecule has 0 bridgehead atoms. The van der Waals surface area contributed by atoms with Gasteiger partial charge in [-0.3, -0.25) is 4.79 Å². The number of hydrogen-bond acceptors (Lipinski definition) is 3. The Morgan fingerprint density at radius 2 is 2.20 bits per heavy atom. The van der Waals surface area contributed by atoms with Crippen molar-refractivity contribution in [1.29, 1.82) is 0 Å². The average Bonchev–Trinajstić information content (AvgIpc) is 2.18. The Kier molecular flexibility index (Phi) is 3.68. The van der Waals surface area contributed by atoms with Gasteiger partial charge in [0.05, 0.1) is 7.11 Å². The second kappa shape index (κ2) is 4.79. The predicted molar refractivity (Wildman–Crippen MR) is 57.2 cm³/mol. The summed E-state index contributed by atoms with van der Waals surface area (Å²) in [5.74, 6) is -0.330. The fourth-order valence-corrected chi connectivity index (χ4v) is 1.49. The van der Waals surface area contributed by atoms with Gasteiger partial charge in [-0.1, -0.05) is 17.7 Å². The second-order valence-corrected chi connectivity index (χ2v) is 3.31. The minimum atomic E-state index is -0.915. The highest BCUT2D eigenvalue weighted by Crippen LogP contribution is 2.26. The molecule has 1 aromatic carbocycles. The highest BCUT2D eigenvalue weighted by atomic mass is 16.5. The Balaban J connectivity index is 3.19. The topological polar surface area (TPSA) is 58.6 Å². The van der Waals surface area contributed by atoms with E-state index in [2.05, 4.69) is 5.32 Å². The largest absolute Gasteiger partial charge is 0.496 e. The smallest absolute Gasteiger partial charge is 0.325 e. The van der Waals surface area contributed by atoms with Crippen LogP contribution < -0.4 is 10.1 Å². The maximum absolute atomic E-state index is 11.0. The first-order valence-electron chi connectivity index (χ1n) is 4.64. The molecule has 0 aliphatic rings. The van der Waals surface area contributed by atoms with Crippen molar-refractivity contribution < 1.29 is 14.6 Å². The number of aliphatic carboxylic acids is 1. The van der Waals surface area contributed by atoms with E-state index in [1.54, 1.807) is 13.1 Å². The quantitative estimate of drug-likeness (QED) is 0.785. The number of aryl methyl sites for hydroxylation is 1. The van der Waals surface area contributed by atoms with E-state index in [9.17, 15) is 4.79 Å². The van der Waals surface area contributed by atoms with Gasteiger partial charge in [0.15, 0.2) is 0 Å². The molecule has 0 fully saturated rings. The van der Waals surface area contributed by atoms with E-state index in [0.717, 1.165) is 5.56 Å². The van der Waals surface area contributed by atoms with Gasteiger partial charge < -0.3 is 15.2 Å². The summed E-state index contributed by atoms with van der Waals surface area (Å²) in [4.78, 5) is 11.0. The number of carbonyl (C=O) groups is 1.